The lowest BCUT2D eigenvalue weighted by atomic mass is 9.89. The van der Waals surface area contributed by atoms with Gasteiger partial charge in [-0.1, -0.05) is 48.0 Å². The zero-order valence-electron chi connectivity index (χ0n) is 23.0. The van der Waals surface area contributed by atoms with Crippen LogP contribution in [0.2, 0.25) is 0 Å². The smallest absolute Gasteiger partial charge is 0.245 e. The summed E-state index contributed by atoms with van der Waals surface area (Å²) in [5, 5.41) is 5.76. The Labute approximate surface area is 207 Å². The molecule has 1 unspecified atom stereocenters. The van der Waals surface area contributed by atoms with E-state index in [1.54, 1.807) is 26.1 Å². The van der Waals surface area contributed by atoms with Crippen LogP contribution in [0.4, 0.5) is 0 Å². The minimum absolute atomic E-state index is 0. The Balaban J connectivity index is 0. The number of methoxy groups -OCH3 is 1. The predicted octanol–water partition coefficient (Wildman–Crippen LogP) is 2.29. The molecule has 5 atom stereocenters. The van der Waals surface area contributed by atoms with Gasteiger partial charge in [-0.05, 0) is 31.6 Å². The molecule has 0 aliphatic heterocycles. The van der Waals surface area contributed by atoms with Crippen molar-refractivity contribution in [3.8, 4) is 0 Å². The molecule has 0 radical (unpaired) electrons. The van der Waals surface area contributed by atoms with Gasteiger partial charge in [0.2, 0.25) is 24.1 Å². The monoisotopic (exact) mass is 486 g/mol. The van der Waals surface area contributed by atoms with Gasteiger partial charge in [-0.25, -0.2) is 0 Å². The SMILES string of the molecule is CC[C@H](C)C([C@@H](CC(=O)NC(C)C)OC)N(C)C(=O)[C@@H](NC(=O)[C@H](C(C)C)N(C)C=O)C(C)C.[HH]. The highest BCUT2D eigenvalue weighted by Gasteiger charge is 2.38. The third-order valence-electron chi connectivity index (χ3n) is 6.28. The van der Waals surface area contributed by atoms with Gasteiger partial charge in [0.15, 0.2) is 0 Å². The van der Waals surface area contributed by atoms with E-state index >= 15 is 0 Å². The number of carbonyl (C=O) groups excluding carboxylic acids is 4. The topological polar surface area (TPSA) is 108 Å². The molecule has 0 rings (SSSR count). The number of amides is 4. The molecule has 0 heterocycles. The number of likely N-dealkylation sites (N-methyl/N-ethyl adjacent to an activating group) is 2. The van der Waals surface area contributed by atoms with Gasteiger partial charge in [0.25, 0.3) is 0 Å². The quantitative estimate of drug-likeness (QED) is 0.345. The summed E-state index contributed by atoms with van der Waals surface area (Å²) in [6, 6.07) is -1.83. The van der Waals surface area contributed by atoms with E-state index in [4.69, 9.17) is 4.74 Å². The largest absolute Gasteiger partial charge is 0.379 e. The standard InChI is InChI=1S/C25H48N4O5.H2/c1-12-18(8)23(19(34-11)13-20(31)26-17(6)7)29(10)25(33)21(15(2)3)27-24(32)22(16(4)5)28(9)14-30;/h14-19,21-23H,12-13H2,1-11H3,(H,26,31)(H,27,32);1H/t18-,19+,21-,22-,23?;/m0./s1. The van der Waals surface area contributed by atoms with Crippen LogP contribution < -0.4 is 10.6 Å². The van der Waals surface area contributed by atoms with Crippen LogP contribution >= 0.6 is 0 Å². The van der Waals surface area contributed by atoms with E-state index in [0.717, 1.165) is 6.42 Å². The van der Waals surface area contributed by atoms with Gasteiger partial charge >= 0.3 is 0 Å². The van der Waals surface area contributed by atoms with Crippen molar-refractivity contribution in [1.82, 2.24) is 20.4 Å². The Morgan fingerprint density at radius 1 is 0.971 bits per heavy atom. The molecule has 0 aliphatic carbocycles. The van der Waals surface area contributed by atoms with Gasteiger partial charge in [0, 0.05) is 28.7 Å². The van der Waals surface area contributed by atoms with E-state index in [9.17, 15) is 19.2 Å². The predicted molar refractivity (Wildman–Crippen MR) is 136 cm³/mol. The molecule has 0 saturated heterocycles. The first-order valence-electron chi connectivity index (χ1n) is 12.3. The van der Waals surface area contributed by atoms with Crippen LogP contribution in [0.15, 0.2) is 0 Å². The first-order chi connectivity index (χ1) is 15.7. The van der Waals surface area contributed by atoms with E-state index < -0.39 is 18.2 Å². The van der Waals surface area contributed by atoms with E-state index in [1.165, 1.54) is 4.90 Å². The second-order valence-electron chi connectivity index (χ2n) is 10.2. The maximum absolute atomic E-state index is 13.7. The first-order valence-corrected chi connectivity index (χ1v) is 12.3. The maximum atomic E-state index is 13.7. The molecular formula is C25H50N4O5. The molecule has 9 nitrogen and oxygen atoms in total. The van der Waals surface area contributed by atoms with Gasteiger partial charge < -0.3 is 25.2 Å². The first kappa shape index (κ1) is 31.8. The summed E-state index contributed by atoms with van der Waals surface area (Å²) < 4.78 is 5.71. The van der Waals surface area contributed by atoms with E-state index in [0.29, 0.717) is 6.41 Å². The van der Waals surface area contributed by atoms with Crippen LogP contribution in [-0.4, -0.2) is 85.4 Å². The molecule has 0 aromatic rings. The van der Waals surface area contributed by atoms with Gasteiger partial charge in [0.05, 0.1) is 18.6 Å². The van der Waals surface area contributed by atoms with Gasteiger partial charge in [0.1, 0.15) is 12.1 Å². The Kier molecular flexibility index (Phi) is 14.0. The second kappa shape index (κ2) is 15.0. The highest BCUT2D eigenvalue weighted by molar-refractivity contribution is 5.91. The molecule has 0 spiro atoms. The van der Waals surface area contributed by atoms with Crippen molar-refractivity contribution in [2.45, 2.75) is 98.5 Å². The van der Waals surface area contributed by atoms with Crippen LogP contribution in [0, 0.1) is 17.8 Å². The Morgan fingerprint density at radius 3 is 1.91 bits per heavy atom. The van der Waals surface area contributed by atoms with Crippen molar-refractivity contribution in [3.05, 3.63) is 0 Å². The zero-order chi connectivity index (χ0) is 26.7. The molecule has 0 aromatic carbocycles. The normalized spacial score (nSPS) is 15.9. The molecule has 0 bridgehead atoms. The lowest BCUT2D eigenvalue weighted by Crippen LogP contribution is -2.59. The Hall–Kier alpha value is -2.16. The zero-order valence-corrected chi connectivity index (χ0v) is 23.0. The Morgan fingerprint density at radius 2 is 1.53 bits per heavy atom. The third-order valence-corrected chi connectivity index (χ3v) is 6.28. The van der Waals surface area contributed by atoms with E-state index in [-0.39, 0.29) is 55.4 Å². The number of hydrogen-bond acceptors (Lipinski definition) is 5. The summed E-state index contributed by atoms with van der Waals surface area (Å²) in [7, 11) is 4.80. The molecule has 2 N–H and O–H groups in total. The minimum Gasteiger partial charge on any atom is -0.379 e. The highest BCUT2D eigenvalue weighted by Crippen LogP contribution is 2.23. The fourth-order valence-corrected chi connectivity index (χ4v) is 4.29. The molecular weight excluding hydrogens is 436 g/mol. The van der Waals surface area contributed by atoms with Gasteiger partial charge in [-0.2, -0.15) is 0 Å². The summed E-state index contributed by atoms with van der Waals surface area (Å²) in [5.41, 5.74) is 0. The van der Waals surface area contributed by atoms with Crippen molar-refractivity contribution in [1.29, 1.82) is 0 Å². The summed E-state index contributed by atoms with van der Waals surface area (Å²) in [4.78, 5) is 53.4. The van der Waals surface area contributed by atoms with E-state index in [2.05, 4.69) is 10.6 Å². The number of nitrogens with one attached hydrogen (secondary N) is 2. The molecule has 34 heavy (non-hydrogen) atoms. The number of nitrogens with zero attached hydrogens (tertiary/aromatic N) is 2. The van der Waals surface area contributed by atoms with Crippen LogP contribution in [0.1, 0.15) is 69.7 Å². The van der Waals surface area contributed by atoms with Crippen molar-refractivity contribution in [3.63, 3.8) is 0 Å². The molecule has 0 aromatic heterocycles. The van der Waals surface area contributed by atoms with Crippen LogP contribution in [0.3, 0.4) is 0 Å². The average Bonchev–Trinajstić information content (AvgIpc) is 2.74. The molecule has 0 saturated carbocycles. The van der Waals surface area contributed by atoms with Gasteiger partial charge in [-0.15, -0.1) is 0 Å². The lowest BCUT2D eigenvalue weighted by molar-refractivity contribution is -0.145. The summed E-state index contributed by atoms with van der Waals surface area (Å²) in [6.07, 6.45) is 1.02. The fraction of sp³-hybridized carbons (Fsp3) is 0.840. The van der Waals surface area contributed by atoms with E-state index in [1.807, 2.05) is 55.4 Å². The van der Waals surface area contributed by atoms with Crippen LogP contribution in [-0.2, 0) is 23.9 Å². The van der Waals surface area contributed by atoms with Crippen LogP contribution in [0.25, 0.3) is 0 Å². The van der Waals surface area contributed by atoms with Crippen LogP contribution in [0.5, 0.6) is 0 Å². The molecule has 9 heteroatoms. The van der Waals surface area contributed by atoms with Crippen molar-refractivity contribution in [2.24, 2.45) is 17.8 Å². The average molecular weight is 487 g/mol. The van der Waals surface area contributed by atoms with Crippen molar-refractivity contribution < 1.29 is 25.3 Å². The van der Waals surface area contributed by atoms with Crippen molar-refractivity contribution >= 4 is 24.1 Å². The fourth-order valence-electron chi connectivity index (χ4n) is 4.29. The molecule has 0 aliphatic rings. The molecule has 4 amide bonds. The molecule has 0 fully saturated rings. The summed E-state index contributed by atoms with van der Waals surface area (Å²) >= 11 is 0. The number of ether oxygens (including phenoxy) is 1. The van der Waals surface area contributed by atoms with Gasteiger partial charge in [-0.3, -0.25) is 19.2 Å². The number of hydrogen-bond donors (Lipinski definition) is 2. The maximum Gasteiger partial charge on any atom is 0.245 e. The highest BCUT2D eigenvalue weighted by atomic mass is 16.5. The third kappa shape index (κ3) is 9.24. The van der Waals surface area contributed by atoms with Crippen molar-refractivity contribution in [2.75, 3.05) is 21.2 Å². The second-order valence-corrected chi connectivity index (χ2v) is 10.2. The summed E-state index contributed by atoms with van der Waals surface area (Å²) in [6.45, 7) is 15.3. The number of rotatable bonds is 15. The minimum atomic E-state index is -0.785. The summed E-state index contributed by atoms with van der Waals surface area (Å²) in [5.74, 6) is -1.02. The Bertz CT molecular complexity index is 674. The molecule has 200 valence electrons. The number of carbonyl (C=O) groups is 4. The lowest BCUT2D eigenvalue weighted by Gasteiger charge is -2.40.